The van der Waals surface area contributed by atoms with Crippen LogP contribution in [-0.2, 0) is 6.54 Å². The van der Waals surface area contributed by atoms with Gasteiger partial charge in [0.1, 0.15) is 0 Å². The lowest BCUT2D eigenvalue weighted by Gasteiger charge is -2.25. The molecule has 0 bridgehead atoms. The smallest absolute Gasteiger partial charge is 0.0938 e. The molecule has 0 aliphatic rings. The summed E-state index contributed by atoms with van der Waals surface area (Å²) in [7, 11) is 0. The topological polar surface area (TPSA) is 50.9 Å². The maximum atomic E-state index is 10.0. The Kier molecular flexibility index (Phi) is 3.48. The fraction of sp³-hybridized carbons (Fsp3) is 0.429. The third-order valence-corrected chi connectivity index (χ3v) is 2.96. The van der Waals surface area contributed by atoms with Gasteiger partial charge in [0, 0.05) is 24.2 Å². The molecule has 4 nitrogen and oxygen atoms in total. The molecule has 1 atom stereocenters. The van der Waals surface area contributed by atoms with E-state index in [4.69, 9.17) is 0 Å². The molecule has 18 heavy (non-hydrogen) atoms. The Morgan fingerprint density at radius 1 is 1.33 bits per heavy atom. The minimum atomic E-state index is -0.417. The van der Waals surface area contributed by atoms with Crippen LogP contribution in [-0.4, -0.2) is 26.0 Å². The summed E-state index contributed by atoms with van der Waals surface area (Å²) < 4.78 is 1.78. The van der Waals surface area contributed by atoms with E-state index in [0.29, 0.717) is 6.54 Å². The molecule has 4 heteroatoms. The molecule has 2 aromatic rings. The van der Waals surface area contributed by atoms with E-state index in [1.807, 2.05) is 45.2 Å². The number of pyridine rings is 1. The predicted octanol–water partition coefficient (Wildman–Crippen LogP) is 2.35. The average Bonchev–Trinajstić information content (AvgIpc) is 2.77. The zero-order valence-electron chi connectivity index (χ0n) is 11.0. The van der Waals surface area contributed by atoms with Crippen molar-refractivity contribution in [2.24, 2.45) is 5.41 Å². The van der Waals surface area contributed by atoms with Crippen LogP contribution in [0.1, 0.15) is 20.8 Å². The lowest BCUT2D eigenvalue weighted by atomic mass is 9.89. The number of aliphatic hydroxyl groups excluding tert-OH is 1. The van der Waals surface area contributed by atoms with Crippen LogP contribution in [0.2, 0.25) is 0 Å². The molecule has 0 saturated heterocycles. The minimum absolute atomic E-state index is 0.138. The second kappa shape index (κ2) is 4.90. The standard InChI is InChI=1S/C14H19N3O/c1-14(2,3)13(18)10-17-8-6-12(16-17)11-5-4-7-15-9-11/h4-9,13,18H,10H2,1-3H3. The van der Waals surface area contributed by atoms with Crippen LogP contribution in [0, 0.1) is 5.41 Å². The summed E-state index contributed by atoms with van der Waals surface area (Å²) in [6.07, 6.45) is 4.99. The second-order valence-electron chi connectivity index (χ2n) is 5.55. The third-order valence-electron chi connectivity index (χ3n) is 2.96. The zero-order chi connectivity index (χ0) is 13.2. The molecular formula is C14H19N3O. The number of aliphatic hydroxyl groups is 1. The van der Waals surface area contributed by atoms with Crippen molar-refractivity contribution in [3.05, 3.63) is 36.8 Å². The van der Waals surface area contributed by atoms with E-state index >= 15 is 0 Å². The number of aromatic nitrogens is 3. The van der Waals surface area contributed by atoms with Crippen molar-refractivity contribution in [3.63, 3.8) is 0 Å². The molecule has 1 unspecified atom stereocenters. The maximum absolute atomic E-state index is 10.0. The first kappa shape index (κ1) is 12.8. The van der Waals surface area contributed by atoms with Gasteiger partial charge in [-0.05, 0) is 23.6 Å². The minimum Gasteiger partial charge on any atom is -0.391 e. The van der Waals surface area contributed by atoms with Gasteiger partial charge in [0.2, 0.25) is 0 Å². The van der Waals surface area contributed by atoms with Crippen LogP contribution < -0.4 is 0 Å². The Labute approximate surface area is 107 Å². The predicted molar refractivity (Wildman–Crippen MR) is 70.9 cm³/mol. The molecule has 0 aromatic carbocycles. The number of nitrogens with zero attached hydrogens (tertiary/aromatic N) is 3. The van der Waals surface area contributed by atoms with Crippen molar-refractivity contribution < 1.29 is 5.11 Å². The SMILES string of the molecule is CC(C)(C)C(O)Cn1ccc(-c2cccnc2)n1. The van der Waals surface area contributed by atoms with Gasteiger partial charge in [0.15, 0.2) is 0 Å². The Bertz CT molecular complexity index is 499. The Morgan fingerprint density at radius 2 is 2.11 bits per heavy atom. The van der Waals surface area contributed by atoms with Crippen molar-refractivity contribution in [1.29, 1.82) is 0 Å². The van der Waals surface area contributed by atoms with Gasteiger partial charge in [-0.2, -0.15) is 5.10 Å². The summed E-state index contributed by atoms with van der Waals surface area (Å²) in [6.45, 7) is 6.55. The Morgan fingerprint density at radius 3 is 2.72 bits per heavy atom. The van der Waals surface area contributed by atoms with Gasteiger partial charge < -0.3 is 5.11 Å². The van der Waals surface area contributed by atoms with Crippen molar-refractivity contribution in [2.45, 2.75) is 33.4 Å². The first-order valence-electron chi connectivity index (χ1n) is 6.09. The van der Waals surface area contributed by atoms with Crippen LogP contribution in [0.5, 0.6) is 0 Å². The molecule has 0 radical (unpaired) electrons. The first-order valence-corrected chi connectivity index (χ1v) is 6.09. The molecule has 2 aromatic heterocycles. The normalized spacial score (nSPS) is 13.6. The molecule has 0 saturated carbocycles. The summed E-state index contributed by atoms with van der Waals surface area (Å²) >= 11 is 0. The van der Waals surface area contributed by atoms with E-state index < -0.39 is 6.10 Å². The summed E-state index contributed by atoms with van der Waals surface area (Å²) in [5, 5.41) is 14.5. The average molecular weight is 245 g/mol. The lowest BCUT2D eigenvalue weighted by Crippen LogP contribution is -2.30. The monoisotopic (exact) mass is 245 g/mol. The zero-order valence-corrected chi connectivity index (χ0v) is 11.0. The quantitative estimate of drug-likeness (QED) is 0.903. The molecule has 0 fully saturated rings. The summed E-state index contributed by atoms with van der Waals surface area (Å²) in [5.74, 6) is 0. The molecule has 96 valence electrons. The van der Waals surface area contributed by atoms with E-state index in [2.05, 4.69) is 10.1 Å². The summed E-state index contributed by atoms with van der Waals surface area (Å²) in [6, 6.07) is 5.80. The van der Waals surface area contributed by atoms with Crippen molar-refractivity contribution in [1.82, 2.24) is 14.8 Å². The molecule has 0 aliphatic heterocycles. The van der Waals surface area contributed by atoms with Crippen molar-refractivity contribution in [2.75, 3.05) is 0 Å². The number of hydrogen-bond donors (Lipinski definition) is 1. The van der Waals surface area contributed by atoms with Gasteiger partial charge >= 0.3 is 0 Å². The highest BCUT2D eigenvalue weighted by Crippen LogP contribution is 2.21. The summed E-state index contributed by atoms with van der Waals surface area (Å²) in [4.78, 5) is 4.07. The van der Waals surface area contributed by atoms with E-state index in [1.165, 1.54) is 0 Å². The van der Waals surface area contributed by atoms with Crippen molar-refractivity contribution >= 4 is 0 Å². The van der Waals surface area contributed by atoms with E-state index in [9.17, 15) is 5.11 Å². The van der Waals surface area contributed by atoms with Gasteiger partial charge in [-0.3, -0.25) is 9.67 Å². The largest absolute Gasteiger partial charge is 0.391 e. The van der Waals surface area contributed by atoms with Gasteiger partial charge in [0.05, 0.1) is 18.3 Å². The van der Waals surface area contributed by atoms with Gasteiger partial charge in [-0.1, -0.05) is 20.8 Å². The molecule has 0 spiro atoms. The highest BCUT2D eigenvalue weighted by Gasteiger charge is 2.22. The van der Waals surface area contributed by atoms with E-state index in [1.54, 1.807) is 17.1 Å². The second-order valence-corrected chi connectivity index (χ2v) is 5.55. The molecule has 0 aliphatic carbocycles. The lowest BCUT2D eigenvalue weighted by molar-refractivity contribution is 0.0451. The molecular weight excluding hydrogens is 226 g/mol. The Balaban J connectivity index is 2.12. The van der Waals surface area contributed by atoms with E-state index in [0.717, 1.165) is 11.3 Å². The third kappa shape index (κ3) is 2.96. The molecule has 2 rings (SSSR count). The fourth-order valence-corrected chi connectivity index (χ4v) is 1.58. The van der Waals surface area contributed by atoms with Gasteiger partial charge in [-0.15, -0.1) is 0 Å². The molecule has 1 N–H and O–H groups in total. The molecule has 0 amide bonds. The molecule has 2 heterocycles. The van der Waals surface area contributed by atoms with Crippen LogP contribution in [0.25, 0.3) is 11.3 Å². The fourth-order valence-electron chi connectivity index (χ4n) is 1.58. The van der Waals surface area contributed by atoms with Crippen molar-refractivity contribution in [3.8, 4) is 11.3 Å². The van der Waals surface area contributed by atoms with Crippen LogP contribution in [0.15, 0.2) is 36.8 Å². The van der Waals surface area contributed by atoms with Gasteiger partial charge in [0.25, 0.3) is 0 Å². The van der Waals surface area contributed by atoms with Crippen LogP contribution in [0.4, 0.5) is 0 Å². The number of rotatable bonds is 3. The van der Waals surface area contributed by atoms with Gasteiger partial charge in [-0.25, -0.2) is 0 Å². The van der Waals surface area contributed by atoms with E-state index in [-0.39, 0.29) is 5.41 Å². The van der Waals surface area contributed by atoms with Crippen LogP contribution in [0.3, 0.4) is 0 Å². The highest BCUT2D eigenvalue weighted by molar-refractivity contribution is 5.56. The Hall–Kier alpha value is -1.68. The number of hydrogen-bond acceptors (Lipinski definition) is 3. The maximum Gasteiger partial charge on any atom is 0.0938 e. The first-order chi connectivity index (χ1) is 8.47. The van der Waals surface area contributed by atoms with Crippen LogP contribution >= 0.6 is 0 Å². The highest BCUT2D eigenvalue weighted by atomic mass is 16.3. The summed E-state index contributed by atoms with van der Waals surface area (Å²) in [5.41, 5.74) is 1.73.